The lowest BCUT2D eigenvalue weighted by molar-refractivity contribution is -0.137. The van der Waals surface area contributed by atoms with Gasteiger partial charge in [0.05, 0.1) is 28.7 Å². The minimum absolute atomic E-state index is 0.0365. The van der Waals surface area contributed by atoms with Crippen molar-refractivity contribution < 1.29 is 13.2 Å². The van der Waals surface area contributed by atoms with Gasteiger partial charge >= 0.3 is 6.18 Å². The summed E-state index contributed by atoms with van der Waals surface area (Å²) in [5.74, 6) is 0.0365. The van der Waals surface area contributed by atoms with Crippen LogP contribution in [0.4, 0.5) is 13.2 Å². The quantitative estimate of drug-likeness (QED) is 0.837. The Kier molecular flexibility index (Phi) is 3.53. The first-order valence-electron chi connectivity index (χ1n) is 6.00. The number of nitrogens with zero attached hydrogens (tertiary/aromatic N) is 3. The number of aromatic nitrogens is 2. The van der Waals surface area contributed by atoms with Crippen LogP contribution in [-0.4, -0.2) is 9.78 Å². The number of alkyl halides is 3. The van der Waals surface area contributed by atoms with E-state index in [4.69, 9.17) is 5.26 Å². The monoisotopic (exact) mass is 279 g/mol. The predicted octanol–water partition coefficient (Wildman–Crippen LogP) is 3.89. The van der Waals surface area contributed by atoms with E-state index in [2.05, 4.69) is 5.10 Å². The summed E-state index contributed by atoms with van der Waals surface area (Å²) in [6.45, 7) is 3.80. The summed E-state index contributed by atoms with van der Waals surface area (Å²) in [6, 6.07) is 6.75. The molecule has 0 atom stereocenters. The summed E-state index contributed by atoms with van der Waals surface area (Å²) in [6.07, 6.45) is -2.94. The summed E-state index contributed by atoms with van der Waals surface area (Å²) in [5.41, 5.74) is 0.912. The summed E-state index contributed by atoms with van der Waals surface area (Å²) in [7, 11) is 0. The van der Waals surface area contributed by atoms with Crippen molar-refractivity contribution in [1.29, 1.82) is 5.26 Å². The maximum atomic E-state index is 12.5. The van der Waals surface area contributed by atoms with Gasteiger partial charge in [0, 0.05) is 0 Å². The van der Waals surface area contributed by atoms with Gasteiger partial charge in [0.15, 0.2) is 0 Å². The van der Waals surface area contributed by atoms with E-state index in [1.807, 2.05) is 19.9 Å². The Bertz CT molecular complexity index is 646. The molecule has 1 aromatic carbocycles. The van der Waals surface area contributed by atoms with Gasteiger partial charge in [0.2, 0.25) is 0 Å². The molecule has 0 radical (unpaired) electrons. The van der Waals surface area contributed by atoms with Gasteiger partial charge < -0.3 is 0 Å². The first kappa shape index (κ1) is 14.1. The van der Waals surface area contributed by atoms with Gasteiger partial charge in [0.25, 0.3) is 0 Å². The predicted molar refractivity (Wildman–Crippen MR) is 67.4 cm³/mol. The minimum atomic E-state index is -4.36. The van der Waals surface area contributed by atoms with E-state index in [9.17, 15) is 13.2 Å². The Morgan fingerprint density at radius 1 is 1.20 bits per heavy atom. The van der Waals surface area contributed by atoms with Crippen LogP contribution in [0, 0.1) is 11.3 Å². The van der Waals surface area contributed by atoms with Crippen molar-refractivity contribution in [3.8, 4) is 11.8 Å². The molecule has 104 valence electrons. The molecule has 2 aromatic rings. The van der Waals surface area contributed by atoms with Crippen LogP contribution in [0.15, 0.2) is 30.5 Å². The first-order chi connectivity index (χ1) is 9.34. The van der Waals surface area contributed by atoms with Gasteiger partial charge in [-0.25, -0.2) is 4.68 Å². The largest absolute Gasteiger partial charge is 0.416 e. The molecule has 0 unspecified atom stereocenters. The fraction of sp³-hybridized carbons (Fsp3) is 0.286. The topological polar surface area (TPSA) is 41.6 Å². The lowest BCUT2D eigenvalue weighted by Gasteiger charge is -2.12. The molecule has 20 heavy (non-hydrogen) atoms. The van der Waals surface area contributed by atoms with E-state index < -0.39 is 11.7 Å². The molecule has 0 aliphatic rings. The smallest absolute Gasteiger partial charge is 0.236 e. The number of hydrogen-bond acceptors (Lipinski definition) is 2. The zero-order valence-electron chi connectivity index (χ0n) is 10.9. The van der Waals surface area contributed by atoms with Gasteiger partial charge in [-0.05, 0) is 30.2 Å². The van der Waals surface area contributed by atoms with E-state index in [0.29, 0.717) is 16.9 Å². The second kappa shape index (κ2) is 5.00. The van der Waals surface area contributed by atoms with Crippen molar-refractivity contribution in [2.75, 3.05) is 0 Å². The van der Waals surface area contributed by atoms with Crippen LogP contribution in [0.3, 0.4) is 0 Å². The zero-order valence-corrected chi connectivity index (χ0v) is 10.9. The molecule has 2 rings (SSSR count). The normalized spacial score (nSPS) is 11.7. The number of rotatable bonds is 2. The summed E-state index contributed by atoms with van der Waals surface area (Å²) in [4.78, 5) is 0. The third-order valence-electron chi connectivity index (χ3n) is 2.91. The van der Waals surface area contributed by atoms with E-state index in [1.54, 1.807) is 0 Å². The molecule has 0 spiro atoms. The molecule has 0 aliphatic carbocycles. The SMILES string of the molecule is CC(C)c1c(C#N)cnn1-c1ccc(C(F)(F)F)cc1. The van der Waals surface area contributed by atoms with E-state index in [1.165, 1.54) is 23.0 Å². The van der Waals surface area contributed by atoms with Crippen molar-refractivity contribution >= 4 is 0 Å². The first-order valence-corrected chi connectivity index (χ1v) is 6.00. The van der Waals surface area contributed by atoms with Crippen LogP contribution >= 0.6 is 0 Å². The lowest BCUT2D eigenvalue weighted by atomic mass is 10.1. The summed E-state index contributed by atoms with van der Waals surface area (Å²) >= 11 is 0. The van der Waals surface area contributed by atoms with Crippen molar-refractivity contribution in [2.24, 2.45) is 0 Å². The highest BCUT2D eigenvalue weighted by atomic mass is 19.4. The molecular weight excluding hydrogens is 267 g/mol. The van der Waals surface area contributed by atoms with Gasteiger partial charge in [-0.15, -0.1) is 0 Å². The summed E-state index contributed by atoms with van der Waals surface area (Å²) in [5, 5.41) is 13.1. The molecule has 0 saturated heterocycles. The van der Waals surface area contributed by atoms with Gasteiger partial charge in [-0.1, -0.05) is 13.8 Å². The number of halogens is 3. The molecule has 0 fully saturated rings. The second-order valence-electron chi connectivity index (χ2n) is 4.67. The van der Waals surface area contributed by atoms with Gasteiger partial charge in [-0.3, -0.25) is 0 Å². The standard InChI is InChI=1S/C14H12F3N3/c1-9(2)13-10(7-18)8-19-20(13)12-5-3-11(4-6-12)14(15,16)17/h3-6,8-9H,1-2H3. The molecule has 0 N–H and O–H groups in total. The van der Waals surface area contributed by atoms with Crippen molar-refractivity contribution in [3.05, 3.63) is 47.3 Å². The highest BCUT2D eigenvalue weighted by Gasteiger charge is 2.30. The average molecular weight is 279 g/mol. The minimum Gasteiger partial charge on any atom is -0.236 e. The van der Waals surface area contributed by atoms with Crippen LogP contribution < -0.4 is 0 Å². The molecule has 1 heterocycles. The third kappa shape index (κ3) is 2.52. The molecule has 0 aliphatic heterocycles. The summed E-state index contributed by atoms with van der Waals surface area (Å²) < 4.78 is 39.1. The molecule has 6 heteroatoms. The maximum absolute atomic E-state index is 12.5. The number of hydrogen-bond donors (Lipinski definition) is 0. The van der Waals surface area contributed by atoms with E-state index in [-0.39, 0.29) is 5.92 Å². The Balaban J connectivity index is 2.48. The lowest BCUT2D eigenvalue weighted by Crippen LogP contribution is -2.07. The van der Waals surface area contributed by atoms with Crippen molar-refractivity contribution in [2.45, 2.75) is 25.9 Å². The molecule has 0 bridgehead atoms. The maximum Gasteiger partial charge on any atom is 0.416 e. The second-order valence-corrected chi connectivity index (χ2v) is 4.67. The van der Waals surface area contributed by atoms with E-state index >= 15 is 0 Å². The fourth-order valence-electron chi connectivity index (χ4n) is 2.00. The van der Waals surface area contributed by atoms with Crippen LogP contribution in [0.2, 0.25) is 0 Å². The highest BCUT2D eigenvalue weighted by molar-refractivity contribution is 5.42. The number of benzene rings is 1. The van der Waals surface area contributed by atoms with Crippen LogP contribution in [0.25, 0.3) is 5.69 Å². The number of nitriles is 1. The molecule has 0 amide bonds. The zero-order chi connectivity index (χ0) is 14.9. The Labute approximate surface area is 114 Å². The van der Waals surface area contributed by atoms with Crippen molar-refractivity contribution in [1.82, 2.24) is 9.78 Å². The Hall–Kier alpha value is -2.29. The van der Waals surface area contributed by atoms with Crippen LogP contribution in [0.1, 0.15) is 36.6 Å². The Morgan fingerprint density at radius 2 is 1.80 bits per heavy atom. The van der Waals surface area contributed by atoms with Crippen LogP contribution in [-0.2, 0) is 6.18 Å². The van der Waals surface area contributed by atoms with Crippen LogP contribution in [0.5, 0.6) is 0 Å². The molecular formula is C14H12F3N3. The van der Waals surface area contributed by atoms with Gasteiger partial charge in [-0.2, -0.15) is 23.5 Å². The Morgan fingerprint density at radius 3 is 2.25 bits per heavy atom. The molecule has 1 aromatic heterocycles. The van der Waals surface area contributed by atoms with E-state index in [0.717, 1.165) is 12.1 Å². The molecule has 3 nitrogen and oxygen atoms in total. The highest BCUT2D eigenvalue weighted by Crippen LogP contribution is 2.30. The van der Waals surface area contributed by atoms with Crippen molar-refractivity contribution in [3.63, 3.8) is 0 Å². The fourth-order valence-corrected chi connectivity index (χ4v) is 2.00. The average Bonchev–Trinajstić information content (AvgIpc) is 2.81. The molecule has 0 saturated carbocycles. The van der Waals surface area contributed by atoms with Gasteiger partial charge in [0.1, 0.15) is 6.07 Å². The third-order valence-corrected chi connectivity index (χ3v) is 2.91.